The number of rotatable bonds is 7. The number of ether oxygens (including phenoxy) is 2. The molecule has 1 aliphatic rings. The van der Waals surface area contributed by atoms with Crippen LogP contribution in [0.1, 0.15) is 17.2 Å². The van der Waals surface area contributed by atoms with Crippen molar-refractivity contribution < 1.29 is 29.1 Å². The third-order valence-corrected chi connectivity index (χ3v) is 5.16. The maximum atomic E-state index is 13.0. The van der Waals surface area contributed by atoms with Gasteiger partial charge in [0.05, 0.1) is 53.0 Å². The van der Waals surface area contributed by atoms with Crippen molar-refractivity contribution in [3.63, 3.8) is 0 Å². The Labute approximate surface area is 176 Å². The summed E-state index contributed by atoms with van der Waals surface area (Å²) in [6, 6.07) is 13.5. The van der Waals surface area contributed by atoms with Gasteiger partial charge < -0.3 is 24.4 Å². The van der Waals surface area contributed by atoms with E-state index in [2.05, 4.69) is 0 Å². The second-order valence-corrected chi connectivity index (χ2v) is 7.43. The number of amides is 1. The topological polar surface area (TPSA) is 80.5 Å². The van der Waals surface area contributed by atoms with E-state index in [0.717, 1.165) is 10.5 Å². The first-order chi connectivity index (χ1) is 14.4. The molecule has 0 spiro atoms. The minimum Gasteiger partial charge on any atom is -0.507 e. The number of carbonyl (C=O) groups is 2. The molecule has 158 valence electrons. The number of likely N-dealkylation sites (N-methyl/N-ethyl adjacent to an activating group) is 1. The number of quaternary nitrogens is 1. The van der Waals surface area contributed by atoms with E-state index in [1.54, 1.807) is 18.2 Å². The number of aliphatic hydroxyl groups is 1. The summed E-state index contributed by atoms with van der Waals surface area (Å²) in [7, 11) is 6.98. The zero-order valence-corrected chi connectivity index (χ0v) is 17.6. The molecule has 30 heavy (non-hydrogen) atoms. The average Bonchev–Trinajstić information content (AvgIpc) is 3.01. The van der Waals surface area contributed by atoms with Gasteiger partial charge in [-0.3, -0.25) is 9.59 Å². The van der Waals surface area contributed by atoms with Gasteiger partial charge in [0.1, 0.15) is 5.76 Å². The van der Waals surface area contributed by atoms with Crippen LogP contribution in [-0.2, 0) is 9.59 Å². The van der Waals surface area contributed by atoms with Gasteiger partial charge in [0.2, 0.25) is 0 Å². The molecule has 0 unspecified atom stereocenters. The van der Waals surface area contributed by atoms with Crippen LogP contribution in [0.15, 0.2) is 54.1 Å². The lowest BCUT2D eigenvalue weighted by Gasteiger charge is -2.25. The molecule has 7 nitrogen and oxygen atoms in total. The number of benzene rings is 2. The zero-order valence-electron chi connectivity index (χ0n) is 17.6. The highest BCUT2D eigenvalue weighted by Gasteiger charge is 2.46. The summed E-state index contributed by atoms with van der Waals surface area (Å²) in [5.41, 5.74) is 1.23. The van der Waals surface area contributed by atoms with Crippen LogP contribution in [0.3, 0.4) is 0 Å². The molecule has 3 rings (SSSR count). The molecule has 0 radical (unpaired) electrons. The largest absolute Gasteiger partial charge is 0.507 e. The van der Waals surface area contributed by atoms with Crippen molar-refractivity contribution in [1.29, 1.82) is 0 Å². The van der Waals surface area contributed by atoms with Crippen molar-refractivity contribution in [3.05, 3.63) is 65.2 Å². The van der Waals surface area contributed by atoms with Gasteiger partial charge in [0.15, 0.2) is 11.5 Å². The van der Waals surface area contributed by atoms with E-state index in [4.69, 9.17) is 9.47 Å². The molecule has 1 amide bonds. The Hall–Kier alpha value is -3.32. The van der Waals surface area contributed by atoms with Gasteiger partial charge in [-0.2, -0.15) is 0 Å². The first-order valence-corrected chi connectivity index (χ1v) is 9.73. The highest BCUT2D eigenvalue weighted by molar-refractivity contribution is 6.46. The number of hydrogen-bond acceptors (Lipinski definition) is 5. The number of methoxy groups -OCH3 is 2. The maximum Gasteiger partial charge on any atom is 0.295 e. The van der Waals surface area contributed by atoms with E-state index in [1.807, 2.05) is 44.4 Å². The molecule has 1 atom stereocenters. The number of Topliss-reactive ketones (excluding diaryl/α,β-unsaturated/α-hetero) is 1. The Morgan fingerprint density at radius 1 is 1.03 bits per heavy atom. The van der Waals surface area contributed by atoms with Crippen LogP contribution in [0.4, 0.5) is 0 Å². The lowest BCUT2D eigenvalue weighted by Crippen LogP contribution is -3.06. The predicted octanol–water partition coefficient (Wildman–Crippen LogP) is 1.27. The molecule has 2 aromatic carbocycles. The summed E-state index contributed by atoms with van der Waals surface area (Å²) in [4.78, 5) is 28.5. The fraction of sp³-hybridized carbons (Fsp3) is 0.304. The highest BCUT2D eigenvalue weighted by Crippen LogP contribution is 2.40. The standard InChI is InChI=1S/C23H26N2O5/c1-24(2)12-13-25-20(15-8-6-5-7-9-15)19(22(27)23(25)28)21(26)16-10-11-17(29-3)18(14-16)30-4/h5-11,14,20,26H,12-13H2,1-4H3/p+1/t20-/m1/s1. The van der Waals surface area contributed by atoms with Gasteiger partial charge in [-0.25, -0.2) is 0 Å². The average molecular weight is 411 g/mol. The maximum absolute atomic E-state index is 13.0. The van der Waals surface area contributed by atoms with Crippen molar-refractivity contribution in [2.75, 3.05) is 41.4 Å². The van der Waals surface area contributed by atoms with Gasteiger partial charge >= 0.3 is 0 Å². The zero-order chi connectivity index (χ0) is 21.8. The van der Waals surface area contributed by atoms with Gasteiger partial charge in [-0.05, 0) is 23.8 Å². The molecule has 2 N–H and O–H groups in total. The van der Waals surface area contributed by atoms with Crippen LogP contribution in [0.5, 0.6) is 11.5 Å². The normalized spacial score (nSPS) is 18.2. The van der Waals surface area contributed by atoms with Gasteiger partial charge in [0.25, 0.3) is 11.7 Å². The van der Waals surface area contributed by atoms with E-state index in [0.29, 0.717) is 30.2 Å². The summed E-state index contributed by atoms with van der Waals surface area (Å²) in [5.74, 6) is -0.605. The number of hydrogen-bond donors (Lipinski definition) is 2. The number of nitrogens with zero attached hydrogens (tertiary/aromatic N) is 1. The molecule has 1 aliphatic heterocycles. The van der Waals surface area contributed by atoms with Gasteiger partial charge in [-0.15, -0.1) is 0 Å². The molecular formula is C23H27N2O5+. The Morgan fingerprint density at radius 2 is 1.70 bits per heavy atom. The van der Waals surface area contributed by atoms with Crippen LogP contribution in [0.25, 0.3) is 5.76 Å². The Kier molecular flexibility index (Phi) is 6.42. The minimum atomic E-state index is -0.690. The fourth-order valence-electron chi connectivity index (χ4n) is 3.58. The SMILES string of the molecule is COc1ccc(C(O)=C2C(=O)C(=O)N(CC[NH+](C)C)[C@@H]2c2ccccc2)cc1OC. The molecule has 1 saturated heterocycles. The number of likely N-dealkylation sites (tertiary alicyclic amines) is 1. The molecular weight excluding hydrogens is 384 g/mol. The summed E-state index contributed by atoms with van der Waals surface area (Å²) < 4.78 is 10.6. The van der Waals surface area contributed by atoms with E-state index < -0.39 is 17.7 Å². The lowest BCUT2D eigenvalue weighted by atomic mass is 9.95. The molecule has 7 heteroatoms. The predicted molar refractivity (Wildman–Crippen MR) is 113 cm³/mol. The summed E-state index contributed by atoms with van der Waals surface area (Å²) in [5, 5.41) is 11.1. The van der Waals surface area contributed by atoms with Crippen molar-refractivity contribution >= 4 is 17.4 Å². The number of aliphatic hydroxyl groups excluding tert-OH is 1. The van der Waals surface area contributed by atoms with Crippen LogP contribution >= 0.6 is 0 Å². The molecule has 1 fully saturated rings. The third kappa shape index (κ3) is 4.02. The first-order valence-electron chi connectivity index (χ1n) is 9.73. The van der Waals surface area contributed by atoms with Crippen LogP contribution in [-0.4, -0.2) is 63.1 Å². The molecule has 0 aliphatic carbocycles. The Balaban J connectivity index is 2.14. The molecule has 0 aromatic heterocycles. The first kappa shape index (κ1) is 21.4. The Bertz CT molecular complexity index is 969. The van der Waals surface area contributed by atoms with E-state index in [-0.39, 0.29) is 11.3 Å². The second kappa shape index (κ2) is 9.00. The van der Waals surface area contributed by atoms with Crippen molar-refractivity contribution in [2.45, 2.75) is 6.04 Å². The van der Waals surface area contributed by atoms with E-state index >= 15 is 0 Å². The highest BCUT2D eigenvalue weighted by atomic mass is 16.5. The monoisotopic (exact) mass is 411 g/mol. The summed E-state index contributed by atoms with van der Waals surface area (Å²) >= 11 is 0. The van der Waals surface area contributed by atoms with Crippen molar-refractivity contribution in [1.82, 2.24) is 4.90 Å². The van der Waals surface area contributed by atoms with Gasteiger partial charge in [-0.1, -0.05) is 30.3 Å². The smallest absolute Gasteiger partial charge is 0.295 e. The Morgan fingerprint density at radius 3 is 2.30 bits per heavy atom. The molecule has 1 heterocycles. The van der Waals surface area contributed by atoms with Crippen molar-refractivity contribution in [3.8, 4) is 11.5 Å². The van der Waals surface area contributed by atoms with Gasteiger partial charge in [0, 0.05) is 5.56 Å². The molecule has 0 saturated carbocycles. The number of carbonyl (C=O) groups excluding carboxylic acids is 2. The van der Waals surface area contributed by atoms with Crippen LogP contribution in [0, 0.1) is 0 Å². The van der Waals surface area contributed by atoms with E-state index in [9.17, 15) is 14.7 Å². The second-order valence-electron chi connectivity index (χ2n) is 7.43. The van der Waals surface area contributed by atoms with Crippen molar-refractivity contribution in [2.24, 2.45) is 0 Å². The molecule has 0 bridgehead atoms. The fourth-order valence-corrected chi connectivity index (χ4v) is 3.58. The summed E-state index contributed by atoms with van der Waals surface area (Å²) in [6.07, 6.45) is 0. The summed E-state index contributed by atoms with van der Waals surface area (Å²) in [6.45, 7) is 1.07. The quantitative estimate of drug-likeness (QED) is 0.408. The minimum absolute atomic E-state index is 0.0761. The van der Waals surface area contributed by atoms with Crippen LogP contribution in [0.2, 0.25) is 0 Å². The third-order valence-electron chi connectivity index (χ3n) is 5.16. The lowest BCUT2D eigenvalue weighted by molar-refractivity contribution is -0.857. The van der Waals surface area contributed by atoms with E-state index in [1.165, 1.54) is 19.1 Å². The number of ketones is 1. The molecule has 2 aromatic rings. The number of nitrogens with one attached hydrogen (secondary N) is 1. The van der Waals surface area contributed by atoms with Crippen LogP contribution < -0.4 is 14.4 Å².